The summed E-state index contributed by atoms with van der Waals surface area (Å²) in [4.78, 5) is 6.66. The second kappa shape index (κ2) is 7.12. The summed E-state index contributed by atoms with van der Waals surface area (Å²) in [6, 6.07) is 5.06. The number of aromatic nitrogens is 1. The highest BCUT2D eigenvalue weighted by molar-refractivity contribution is 7.99. The fourth-order valence-electron chi connectivity index (χ4n) is 2.60. The van der Waals surface area contributed by atoms with Crippen LogP contribution in [-0.4, -0.2) is 53.6 Å². The normalized spacial score (nSPS) is 22.3. The molecule has 0 bridgehead atoms. The Morgan fingerprint density at radius 1 is 1.63 bits per heavy atom. The van der Waals surface area contributed by atoms with E-state index in [0.29, 0.717) is 17.9 Å². The van der Waals surface area contributed by atoms with Crippen LogP contribution in [0.4, 0.5) is 5.82 Å². The summed E-state index contributed by atoms with van der Waals surface area (Å²) < 4.78 is 0. The molecule has 2 atom stereocenters. The number of hydrogen-bond acceptors (Lipinski definition) is 5. The number of thioether (sulfide) groups is 1. The maximum Gasteiger partial charge on any atom is 0.126 e. The summed E-state index contributed by atoms with van der Waals surface area (Å²) in [6.07, 6.45) is 2.70. The second-order valence-electron chi connectivity index (χ2n) is 5.04. The van der Waals surface area contributed by atoms with Crippen LogP contribution in [0.5, 0.6) is 0 Å². The van der Waals surface area contributed by atoms with Crippen molar-refractivity contribution in [1.82, 2.24) is 15.2 Å². The van der Waals surface area contributed by atoms with Gasteiger partial charge in [0, 0.05) is 36.3 Å². The molecule has 5 heteroatoms. The minimum absolute atomic E-state index is 0.439. The van der Waals surface area contributed by atoms with Gasteiger partial charge in [0.1, 0.15) is 5.82 Å². The van der Waals surface area contributed by atoms with Crippen LogP contribution in [0.25, 0.3) is 0 Å². The number of nitrogens with two attached hydrogens (primary N) is 1. The third-order valence-corrected chi connectivity index (χ3v) is 4.79. The molecule has 1 aromatic heterocycles. The Hall–Kier alpha value is -0.780. The van der Waals surface area contributed by atoms with E-state index < -0.39 is 0 Å². The number of rotatable bonds is 5. The average molecular weight is 280 g/mol. The van der Waals surface area contributed by atoms with Gasteiger partial charge in [0.2, 0.25) is 0 Å². The number of nitrogen functional groups attached to an aromatic ring is 1. The highest BCUT2D eigenvalue weighted by Gasteiger charge is 2.27. The van der Waals surface area contributed by atoms with E-state index in [-0.39, 0.29) is 0 Å². The molecule has 3 N–H and O–H groups in total. The van der Waals surface area contributed by atoms with Gasteiger partial charge in [0.05, 0.1) is 0 Å². The van der Waals surface area contributed by atoms with Crippen molar-refractivity contribution in [3.63, 3.8) is 0 Å². The average Bonchev–Trinajstić information content (AvgIpc) is 2.41. The van der Waals surface area contributed by atoms with Crippen molar-refractivity contribution in [2.24, 2.45) is 0 Å². The highest BCUT2D eigenvalue weighted by atomic mass is 32.2. The molecule has 1 fully saturated rings. The number of hydrogen-bond donors (Lipinski definition) is 2. The summed E-state index contributed by atoms with van der Waals surface area (Å²) in [6.45, 7) is 4.31. The second-order valence-corrected chi connectivity index (χ2v) is 6.19. The molecule has 1 aromatic rings. The van der Waals surface area contributed by atoms with E-state index in [1.54, 1.807) is 6.20 Å². The molecule has 0 spiro atoms. The molecule has 0 saturated carbocycles. The van der Waals surface area contributed by atoms with Gasteiger partial charge in [-0.05, 0) is 31.6 Å². The van der Waals surface area contributed by atoms with Crippen LogP contribution >= 0.6 is 11.8 Å². The lowest BCUT2D eigenvalue weighted by Gasteiger charge is -2.38. The Kier molecular flexibility index (Phi) is 5.48. The Morgan fingerprint density at radius 2 is 2.47 bits per heavy atom. The molecular formula is C14H24N4S. The molecule has 4 nitrogen and oxygen atoms in total. The van der Waals surface area contributed by atoms with Gasteiger partial charge in [-0.3, -0.25) is 0 Å². The van der Waals surface area contributed by atoms with Crippen molar-refractivity contribution in [1.29, 1.82) is 0 Å². The Balaban J connectivity index is 2.09. The van der Waals surface area contributed by atoms with Crippen molar-refractivity contribution >= 4 is 17.6 Å². The fourth-order valence-corrected chi connectivity index (χ4v) is 3.91. The van der Waals surface area contributed by atoms with Gasteiger partial charge in [-0.15, -0.1) is 0 Å². The first-order valence-electron chi connectivity index (χ1n) is 6.93. The van der Waals surface area contributed by atoms with Crippen LogP contribution in [0.2, 0.25) is 0 Å². The Bertz CT molecular complexity index is 399. The summed E-state index contributed by atoms with van der Waals surface area (Å²) in [5.41, 5.74) is 7.12. The number of anilines is 1. The van der Waals surface area contributed by atoms with Crippen molar-refractivity contribution in [3.8, 4) is 0 Å². The third-order valence-electron chi connectivity index (χ3n) is 3.74. The minimum Gasteiger partial charge on any atom is -0.383 e. The smallest absolute Gasteiger partial charge is 0.126 e. The first-order chi connectivity index (χ1) is 9.22. The van der Waals surface area contributed by atoms with Crippen LogP contribution < -0.4 is 11.1 Å². The number of nitrogens with zero attached hydrogens (tertiary/aromatic N) is 2. The van der Waals surface area contributed by atoms with Crippen LogP contribution in [-0.2, 0) is 6.42 Å². The van der Waals surface area contributed by atoms with Gasteiger partial charge in [0.25, 0.3) is 0 Å². The first-order valence-corrected chi connectivity index (χ1v) is 8.08. The van der Waals surface area contributed by atoms with E-state index in [0.717, 1.165) is 18.5 Å². The van der Waals surface area contributed by atoms with Crippen LogP contribution in [0.15, 0.2) is 18.3 Å². The molecule has 2 unspecified atom stereocenters. The summed E-state index contributed by atoms with van der Waals surface area (Å²) >= 11 is 2.05. The summed E-state index contributed by atoms with van der Waals surface area (Å²) in [7, 11) is 2.22. The molecule has 1 aliphatic rings. The van der Waals surface area contributed by atoms with Gasteiger partial charge >= 0.3 is 0 Å². The van der Waals surface area contributed by atoms with Gasteiger partial charge in [0.15, 0.2) is 0 Å². The number of nitrogens with one attached hydrogen (secondary N) is 1. The highest BCUT2D eigenvalue weighted by Crippen LogP contribution is 2.21. The van der Waals surface area contributed by atoms with Gasteiger partial charge in [-0.1, -0.05) is 13.0 Å². The number of likely N-dealkylation sites (N-methyl/N-ethyl adjacent to an activating group) is 2. The molecule has 106 valence electrons. The van der Waals surface area contributed by atoms with Gasteiger partial charge in [-0.25, -0.2) is 4.98 Å². The molecular weight excluding hydrogens is 256 g/mol. The summed E-state index contributed by atoms with van der Waals surface area (Å²) in [5.74, 6) is 3.09. The SMILES string of the molecule is CCNC(Cc1cccnc1N)C1CSCCN1C. The lowest BCUT2D eigenvalue weighted by molar-refractivity contribution is 0.215. The van der Waals surface area contributed by atoms with E-state index >= 15 is 0 Å². The molecule has 1 saturated heterocycles. The Morgan fingerprint density at radius 3 is 3.16 bits per heavy atom. The van der Waals surface area contributed by atoms with E-state index in [1.807, 2.05) is 17.8 Å². The molecule has 0 aliphatic carbocycles. The van der Waals surface area contributed by atoms with Crippen LogP contribution in [0, 0.1) is 0 Å². The first kappa shape index (κ1) is 14.6. The predicted molar refractivity (Wildman–Crippen MR) is 83.6 cm³/mol. The van der Waals surface area contributed by atoms with Crippen molar-refractivity contribution < 1.29 is 0 Å². The molecule has 2 heterocycles. The standard InChI is InChI=1S/C14H24N4S/c1-3-16-12(13-10-19-8-7-18(13)2)9-11-5-4-6-17-14(11)15/h4-6,12-13,16H,3,7-10H2,1-2H3,(H2,15,17). The van der Waals surface area contributed by atoms with Crippen molar-refractivity contribution in [2.45, 2.75) is 25.4 Å². The largest absolute Gasteiger partial charge is 0.383 e. The maximum absolute atomic E-state index is 5.97. The lowest BCUT2D eigenvalue weighted by atomic mass is 9.99. The zero-order valence-electron chi connectivity index (χ0n) is 11.8. The molecule has 0 radical (unpaired) electrons. The van der Waals surface area contributed by atoms with E-state index in [1.165, 1.54) is 18.1 Å². The third kappa shape index (κ3) is 3.84. The maximum atomic E-state index is 5.97. The van der Waals surface area contributed by atoms with Crippen LogP contribution in [0.3, 0.4) is 0 Å². The molecule has 2 rings (SSSR count). The zero-order chi connectivity index (χ0) is 13.7. The van der Waals surface area contributed by atoms with Gasteiger partial charge in [-0.2, -0.15) is 11.8 Å². The van der Waals surface area contributed by atoms with Gasteiger partial charge < -0.3 is 16.0 Å². The Labute approximate surface area is 120 Å². The van der Waals surface area contributed by atoms with E-state index in [4.69, 9.17) is 5.73 Å². The number of pyridine rings is 1. The quantitative estimate of drug-likeness (QED) is 0.850. The van der Waals surface area contributed by atoms with E-state index in [9.17, 15) is 0 Å². The zero-order valence-corrected chi connectivity index (χ0v) is 12.6. The topological polar surface area (TPSA) is 54.2 Å². The van der Waals surface area contributed by atoms with Crippen molar-refractivity contribution in [2.75, 3.05) is 37.4 Å². The molecule has 0 aromatic carbocycles. The summed E-state index contributed by atoms with van der Waals surface area (Å²) in [5, 5.41) is 3.62. The monoisotopic (exact) mass is 280 g/mol. The van der Waals surface area contributed by atoms with Crippen LogP contribution in [0.1, 0.15) is 12.5 Å². The van der Waals surface area contributed by atoms with E-state index in [2.05, 4.69) is 35.2 Å². The molecule has 0 amide bonds. The molecule has 19 heavy (non-hydrogen) atoms. The fraction of sp³-hybridized carbons (Fsp3) is 0.643. The predicted octanol–water partition coefficient (Wildman–Crippen LogP) is 1.23. The minimum atomic E-state index is 0.439. The van der Waals surface area contributed by atoms with Crippen molar-refractivity contribution in [3.05, 3.63) is 23.9 Å². The lowest BCUT2D eigenvalue weighted by Crippen LogP contribution is -2.53. The molecule has 1 aliphatic heterocycles.